The van der Waals surface area contributed by atoms with Gasteiger partial charge < -0.3 is 24.3 Å². The van der Waals surface area contributed by atoms with E-state index in [0.717, 1.165) is 69.8 Å². The Bertz CT molecular complexity index is 697. The molecule has 3 heterocycles. The van der Waals surface area contributed by atoms with Crippen molar-refractivity contribution in [2.45, 2.75) is 51.2 Å². The van der Waals surface area contributed by atoms with Crippen LogP contribution in [0.4, 0.5) is 0 Å². The second-order valence-corrected chi connectivity index (χ2v) is 8.23. The van der Waals surface area contributed by atoms with Crippen LogP contribution < -0.4 is 19.5 Å². The first-order chi connectivity index (χ1) is 14.2. The summed E-state index contributed by atoms with van der Waals surface area (Å²) in [5.74, 6) is 3.00. The summed E-state index contributed by atoms with van der Waals surface area (Å²) >= 11 is 0. The highest BCUT2D eigenvalue weighted by molar-refractivity contribution is 5.75. The Hall–Kier alpha value is -1.99. The molecule has 160 valence electrons. The molecular formula is C22H32N2O5. The number of methoxy groups -OCH3 is 1. The van der Waals surface area contributed by atoms with Gasteiger partial charge in [-0.05, 0) is 68.8 Å². The number of hydrogen-bond donors (Lipinski definition) is 1. The van der Waals surface area contributed by atoms with Crippen LogP contribution in [0.5, 0.6) is 17.2 Å². The van der Waals surface area contributed by atoms with Gasteiger partial charge in [0.2, 0.25) is 18.4 Å². The van der Waals surface area contributed by atoms with Crippen LogP contribution in [-0.4, -0.2) is 57.1 Å². The molecule has 3 aliphatic heterocycles. The van der Waals surface area contributed by atoms with Crippen molar-refractivity contribution in [3.8, 4) is 17.2 Å². The smallest absolute Gasteiger partial charge is 0.231 e. The van der Waals surface area contributed by atoms with E-state index in [4.69, 9.17) is 18.9 Å². The fourth-order valence-corrected chi connectivity index (χ4v) is 4.42. The summed E-state index contributed by atoms with van der Waals surface area (Å²) in [6, 6.07) is 4.09. The molecule has 29 heavy (non-hydrogen) atoms. The average molecular weight is 405 g/mol. The molecule has 2 saturated heterocycles. The Morgan fingerprint density at radius 2 is 2.10 bits per heavy atom. The first-order valence-corrected chi connectivity index (χ1v) is 10.8. The number of hydrogen-bond acceptors (Lipinski definition) is 6. The maximum Gasteiger partial charge on any atom is 0.231 e. The highest BCUT2D eigenvalue weighted by Crippen LogP contribution is 2.42. The number of benzene rings is 1. The fourth-order valence-electron chi connectivity index (χ4n) is 4.42. The maximum atomic E-state index is 12.1. The van der Waals surface area contributed by atoms with Crippen molar-refractivity contribution in [2.75, 3.05) is 40.1 Å². The molecule has 1 amide bonds. The summed E-state index contributed by atoms with van der Waals surface area (Å²) in [4.78, 5) is 14.6. The van der Waals surface area contributed by atoms with Crippen LogP contribution in [-0.2, 0) is 16.1 Å². The van der Waals surface area contributed by atoms with E-state index in [9.17, 15) is 4.79 Å². The zero-order valence-corrected chi connectivity index (χ0v) is 17.3. The first kappa shape index (κ1) is 20.3. The van der Waals surface area contributed by atoms with Crippen molar-refractivity contribution in [1.29, 1.82) is 0 Å². The zero-order valence-electron chi connectivity index (χ0n) is 17.3. The monoisotopic (exact) mass is 404 g/mol. The summed E-state index contributed by atoms with van der Waals surface area (Å²) in [7, 11) is 1.66. The van der Waals surface area contributed by atoms with Gasteiger partial charge >= 0.3 is 0 Å². The number of piperidine rings is 1. The van der Waals surface area contributed by atoms with Crippen LogP contribution in [0.2, 0.25) is 0 Å². The summed E-state index contributed by atoms with van der Waals surface area (Å²) in [5.41, 5.74) is 1.18. The minimum atomic E-state index is 0.162. The lowest BCUT2D eigenvalue weighted by Crippen LogP contribution is -2.34. The van der Waals surface area contributed by atoms with Gasteiger partial charge in [0.1, 0.15) is 0 Å². The number of likely N-dealkylation sites (tertiary alicyclic amines) is 1. The Kier molecular flexibility index (Phi) is 6.77. The Labute approximate surface area is 172 Å². The van der Waals surface area contributed by atoms with E-state index >= 15 is 0 Å². The van der Waals surface area contributed by atoms with E-state index in [-0.39, 0.29) is 18.8 Å². The number of carbonyl (C=O) groups excluding carboxylic acids is 1. The van der Waals surface area contributed by atoms with E-state index in [2.05, 4.69) is 16.3 Å². The summed E-state index contributed by atoms with van der Waals surface area (Å²) in [6.07, 6.45) is 6.27. The second kappa shape index (κ2) is 9.67. The molecule has 2 fully saturated rings. The van der Waals surface area contributed by atoms with Crippen molar-refractivity contribution >= 4 is 5.91 Å². The van der Waals surface area contributed by atoms with Gasteiger partial charge in [0.25, 0.3) is 0 Å². The van der Waals surface area contributed by atoms with E-state index in [0.29, 0.717) is 24.6 Å². The maximum absolute atomic E-state index is 12.1. The third kappa shape index (κ3) is 5.34. The number of fused-ring (bicyclic) bond motifs is 1. The topological polar surface area (TPSA) is 69.3 Å². The molecule has 4 rings (SSSR count). The highest BCUT2D eigenvalue weighted by Gasteiger charge is 2.24. The molecule has 1 atom stereocenters. The lowest BCUT2D eigenvalue weighted by molar-refractivity contribution is -0.122. The van der Waals surface area contributed by atoms with Crippen LogP contribution in [0.15, 0.2) is 12.1 Å². The molecule has 7 heteroatoms. The average Bonchev–Trinajstić information content (AvgIpc) is 3.43. The molecule has 0 bridgehead atoms. The van der Waals surface area contributed by atoms with Gasteiger partial charge in [0.15, 0.2) is 11.5 Å². The molecule has 3 aliphatic rings. The van der Waals surface area contributed by atoms with Crippen molar-refractivity contribution in [2.24, 2.45) is 5.92 Å². The molecule has 0 aliphatic carbocycles. The van der Waals surface area contributed by atoms with Crippen molar-refractivity contribution in [3.63, 3.8) is 0 Å². The molecule has 0 saturated carbocycles. The second-order valence-electron chi connectivity index (χ2n) is 8.23. The number of carbonyl (C=O) groups is 1. The van der Waals surface area contributed by atoms with Gasteiger partial charge in [-0.15, -0.1) is 0 Å². The molecular weight excluding hydrogens is 372 g/mol. The van der Waals surface area contributed by atoms with Crippen molar-refractivity contribution in [1.82, 2.24) is 10.2 Å². The third-order valence-corrected chi connectivity index (χ3v) is 6.16. The number of rotatable bonds is 8. The van der Waals surface area contributed by atoms with Gasteiger partial charge in [-0.25, -0.2) is 0 Å². The van der Waals surface area contributed by atoms with Gasteiger partial charge in [-0.1, -0.05) is 0 Å². The first-order valence-electron chi connectivity index (χ1n) is 10.8. The predicted molar refractivity (Wildman–Crippen MR) is 108 cm³/mol. The van der Waals surface area contributed by atoms with Crippen LogP contribution in [0.1, 0.15) is 44.1 Å². The fraction of sp³-hybridized carbons (Fsp3) is 0.682. The molecule has 1 aromatic carbocycles. The SMILES string of the molecule is COc1cc(CN2CCC(CCC(=O)NC[C@@H]3CCCO3)CC2)cc2c1OCO2. The lowest BCUT2D eigenvalue weighted by Gasteiger charge is -2.32. The van der Waals surface area contributed by atoms with E-state index in [1.165, 1.54) is 5.56 Å². The number of nitrogens with one attached hydrogen (secondary N) is 1. The summed E-state index contributed by atoms with van der Waals surface area (Å²) in [5, 5.41) is 3.03. The molecule has 1 aromatic rings. The normalized spacial score (nSPS) is 22.0. The zero-order chi connectivity index (χ0) is 20.1. The van der Waals surface area contributed by atoms with Crippen LogP contribution in [0.25, 0.3) is 0 Å². The summed E-state index contributed by atoms with van der Waals surface area (Å²) < 4.78 is 22.0. The van der Waals surface area contributed by atoms with Crippen molar-refractivity contribution < 1.29 is 23.7 Å². The van der Waals surface area contributed by atoms with Gasteiger partial charge in [-0.3, -0.25) is 9.69 Å². The number of nitrogens with zero attached hydrogens (tertiary/aromatic N) is 1. The molecule has 0 unspecified atom stereocenters. The Balaban J connectivity index is 1.17. The van der Waals surface area contributed by atoms with E-state index < -0.39 is 0 Å². The standard InChI is InChI=1S/C22H32N2O5/c1-26-19-11-17(12-20-22(19)29-15-28-20)14-24-8-6-16(7-9-24)4-5-21(25)23-13-18-3-2-10-27-18/h11-12,16,18H,2-10,13-15H2,1H3,(H,23,25)/t18-/m0/s1. The molecule has 7 nitrogen and oxygen atoms in total. The van der Waals surface area contributed by atoms with E-state index in [1.807, 2.05) is 6.07 Å². The quantitative estimate of drug-likeness (QED) is 0.719. The molecule has 0 radical (unpaired) electrons. The number of amides is 1. The van der Waals surface area contributed by atoms with Gasteiger partial charge in [0, 0.05) is 26.1 Å². The van der Waals surface area contributed by atoms with Gasteiger partial charge in [-0.2, -0.15) is 0 Å². The minimum absolute atomic E-state index is 0.162. The van der Waals surface area contributed by atoms with Crippen LogP contribution in [0.3, 0.4) is 0 Å². The molecule has 0 aromatic heterocycles. The summed E-state index contributed by atoms with van der Waals surface area (Å²) in [6.45, 7) is 4.73. The molecule has 1 N–H and O–H groups in total. The highest BCUT2D eigenvalue weighted by atomic mass is 16.7. The van der Waals surface area contributed by atoms with Crippen LogP contribution in [0, 0.1) is 5.92 Å². The predicted octanol–water partition coefficient (Wildman–Crippen LogP) is 2.71. The minimum Gasteiger partial charge on any atom is -0.493 e. The van der Waals surface area contributed by atoms with E-state index in [1.54, 1.807) is 7.11 Å². The van der Waals surface area contributed by atoms with Crippen molar-refractivity contribution in [3.05, 3.63) is 17.7 Å². The molecule has 0 spiro atoms. The third-order valence-electron chi connectivity index (χ3n) is 6.16. The largest absolute Gasteiger partial charge is 0.493 e. The number of ether oxygens (including phenoxy) is 4. The van der Waals surface area contributed by atoms with Gasteiger partial charge in [0.05, 0.1) is 13.2 Å². The Morgan fingerprint density at radius 3 is 2.86 bits per heavy atom. The Morgan fingerprint density at radius 1 is 1.24 bits per heavy atom. The van der Waals surface area contributed by atoms with Crippen LogP contribution >= 0.6 is 0 Å². The lowest BCUT2D eigenvalue weighted by atomic mass is 9.92.